The number of fused-ring (bicyclic) bond motifs is 1. The smallest absolute Gasteiger partial charge is 0.315 e. The van der Waals surface area contributed by atoms with E-state index in [0.29, 0.717) is 19.4 Å². The third-order valence-electron chi connectivity index (χ3n) is 4.51. The molecule has 1 aliphatic rings. The Kier molecular flexibility index (Phi) is 4.75. The summed E-state index contributed by atoms with van der Waals surface area (Å²) in [6, 6.07) is 5.07. The Hall–Kier alpha value is -2.09. The standard InChI is InChI=1S/C16H22N4O3S/c1-24(22,23)15-8-3-2-6-13(15)19-16(21)17-10-12-11-18-20-9-5-4-7-14(12)20/h4-5,7,9,11,13,15H,2-3,6,8,10H2,1H3,(H2,17,19,21)/t13-,15-/m1/s1. The van der Waals surface area contributed by atoms with E-state index in [1.165, 1.54) is 6.26 Å². The number of carbonyl (C=O) groups excluding carboxylic acids is 1. The molecule has 1 fully saturated rings. The van der Waals surface area contributed by atoms with E-state index in [9.17, 15) is 13.2 Å². The molecule has 0 radical (unpaired) electrons. The Morgan fingerprint density at radius 2 is 2.12 bits per heavy atom. The number of hydrogen-bond acceptors (Lipinski definition) is 4. The first-order chi connectivity index (χ1) is 11.4. The Balaban J connectivity index is 1.61. The van der Waals surface area contributed by atoms with Crippen LogP contribution in [-0.4, -0.2) is 41.6 Å². The van der Waals surface area contributed by atoms with Gasteiger partial charge in [0.25, 0.3) is 0 Å². The van der Waals surface area contributed by atoms with Crippen molar-refractivity contribution in [2.45, 2.75) is 43.5 Å². The molecule has 2 aromatic heterocycles. The number of hydrogen-bond donors (Lipinski definition) is 2. The SMILES string of the molecule is CS(=O)(=O)[C@@H]1CCCC[C@H]1NC(=O)NCc1cnn2ccccc12. The summed E-state index contributed by atoms with van der Waals surface area (Å²) in [7, 11) is -3.16. The number of urea groups is 1. The van der Waals surface area contributed by atoms with Gasteiger partial charge in [0.15, 0.2) is 9.84 Å². The normalized spacial score (nSPS) is 21.5. The topological polar surface area (TPSA) is 92.6 Å². The molecule has 0 bridgehead atoms. The van der Waals surface area contributed by atoms with Gasteiger partial charge in [-0.1, -0.05) is 18.9 Å². The van der Waals surface area contributed by atoms with Crippen LogP contribution in [0.25, 0.3) is 5.52 Å². The lowest BCUT2D eigenvalue weighted by molar-refractivity contribution is 0.232. The molecule has 3 rings (SSSR count). The van der Waals surface area contributed by atoms with Crippen LogP contribution in [-0.2, 0) is 16.4 Å². The minimum absolute atomic E-state index is 0.322. The molecule has 24 heavy (non-hydrogen) atoms. The van der Waals surface area contributed by atoms with Gasteiger partial charge in [0.05, 0.1) is 17.0 Å². The van der Waals surface area contributed by atoms with E-state index in [2.05, 4.69) is 15.7 Å². The maximum atomic E-state index is 12.2. The van der Waals surface area contributed by atoms with E-state index in [1.807, 2.05) is 24.4 Å². The molecule has 0 aliphatic heterocycles. The number of sulfone groups is 1. The van der Waals surface area contributed by atoms with Crippen molar-refractivity contribution >= 4 is 21.4 Å². The van der Waals surface area contributed by atoms with Crippen molar-refractivity contribution in [1.82, 2.24) is 20.2 Å². The molecule has 0 aromatic carbocycles. The first-order valence-corrected chi connectivity index (χ1v) is 10.0. The third kappa shape index (κ3) is 3.69. The molecule has 130 valence electrons. The molecule has 0 unspecified atom stereocenters. The minimum Gasteiger partial charge on any atom is -0.334 e. The summed E-state index contributed by atoms with van der Waals surface area (Å²) >= 11 is 0. The van der Waals surface area contributed by atoms with Gasteiger partial charge in [-0.3, -0.25) is 0 Å². The monoisotopic (exact) mass is 350 g/mol. The van der Waals surface area contributed by atoms with Crippen LogP contribution in [0.1, 0.15) is 31.2 Å². The van der Waals surface area contributed by atoms with Gasteiger partial charge in [-0.15, -0.1) is 0 Å². The zero-order valence-corrected chi connectivity index (χ0v) is 14.4. The molecule has 2 aromatic rings. The summed E-state index contributed by atoms with van der Waals surface area (Å²) in [5.41, 5.74) is 1.85. The number of aromatic nitrogens is 2. The molecule has 2 atom stereocenters. The highest BCUT2D eigenvalue weighted by Crippen LogP contribution is 2.24. The quantitative estimate of drug-likeness (QED) is 0.874. The summed E-state index contributed by atoms with van der Waals surface area (Å²) in [6.45, 7) is 0.343. The van der Waals surface area contributed by atoms with Crippen LogP contribution >= 0.6 is 0 Å². The van der Waals surface area contributed by atoms with E-state index in [4.69, 9.17) is 0 Å². The van der Waals surface area contributed by atoms with Gasteiger partial charge < -0.3 is 10.6 Å². The zero-order chi connectivity index (χ0) is 17.2. The molecule has 0 spiro atoms. The van der Waals surface area contributed by atoms with Crippen molar-refractivity contribution < 1.29 is 13.2 Å². The van der Waals surface area contributed by atoms with Gasteiger partial charge in [0.1, 0.15) is 0 Å². The average molecular weight is 350 g/mol. The van der Waals surface area contributed by atoms with Crippen LogP contribution in [0.15, 0.2) is 30.6 Å². The van der Waals surface area contributed by atoms with Crippen molar-refractivity contribution in [2.75, 3.05) is 6.26 Å². The van der Waals surface area contributed by atoms with Crippen molar-refractivity contribution in [3.8, 4) is 0 Å². The Bertz CT molecular complexity index is 831. The van der Waals surface area contributed by atoms with E-state index in [0.717, 1.165) is 23.9 Å². The van der Waals surface area contributed by atoms with Crippen LogP contribution in [0, 0.1) is 0 Å². The number of nitrogens with zero attached hydrogens (tertiary/aromatic N) is 2. The molecular formula is C16H22N4O3S. The summed E-state index contributed by atoms with van der Waals surface area (Å²) in [5.74, 6) is 0. The predicted molar refractivity (Wildman–Crippen MR) is 91.5 cm³/mol. The van der Waals surface area contributed by atoms with E-state index in [1.54, 1.807) is 10.7 Å². The largest absolute Gasteiger partial charge is 0.334 e. The number of nitrogens with one attached hydrogen (secondary N) is 2. The molecule has 1 saturated carbocycles. The predicted octanol–water partition coefficient (Wildman–Crippen LogP) is 1.49. The Morgan fingerprint density at radius 3 is 2.92 bits per heavy atom. The Labute approximate surface area is 141 Å². The van der Waals surface area contributed by atoms with Crippen LogP contribution in [0.4, 0.5) is 4.79 Å². The average Bonchev–Trinajstić information content (AvgIpc) is 2.96. The molecule has 7 nitrogen and oxygen atoms in total. The van der Waals surface area contributed by atoms with Crippen LogP contribution in [0.3, 0.4) is 0 Å². The second kappa shape index (κ2) is 6.80. The molecular weight excluding hydrogens is 328 g/mol. The van der Waals surface area contributed by atoms with Gasteiger partial charge in [0, 0.05) is 30.6 Å². The zero-order valence-electron chi connectivity index (χ0n) is 13.6. The van der Waals surface area contributed by atoms with Crippen LogP contribution in [0.2, 0.25) is 0 Å². The molecule has 1 aliphatic carbocycles. The fraction of sp³-hybridized carbons (Fsp3) is 0.500. The maximum Gasteiger partial charge on any atom is 0.315 e. The van der Waals surface area contributed by atoms with Crippen molar-refractivity contribution in [1.29, 1.82) is 0 Å². The fourth-order valence-electron chi connectivity index (χ4n) is 3.29. The second-order valence-electron chi connectivity index (χ2n) is 6.29. The third-order valence-corrected chi connectivity index (χ3v) is 6.18. The summed E-state index contributed by atoms with van der Waals surface area (Å²) in [5, 5.41) is 9.36. The van der Waals surface area contributed by atoms with Gasteiger partial charge in [-0.25, -0.2) is 17.7 Å². The summed E-state index contributed by atoms with van der Waals surface area (Å²) in [6.07, 6.45) is 7.94. The molecule has 2 heterocycles. The number of amides is 2. The number of pyridine rings is 1. The van der Waals surface area contributed by atoms with Gasteiger partial charge >= 0.3 is 6.03 Å². The molecule has 8 heteroatoms. The van der Waals surface area contributed by atoms with Gasteiger partial charge in [-0.05, 0) is 25.0 Å². The highest BCUT2D eigenvalue weighted by molar-refractivity contribution is 7.91. The first kappa shape index (κ1) is 16.8. The van der Waals surface area contributed by atoms with E-state index >= 15 is 0 Å². The molecule has 2 amide bonds. The highest BCUT2D eigenvalue weighted by atomic mass is 32.2. The number of rotatable bonds is 4. The molecule has 0 saturated heterocycles. The van der Waals surface area contributed by atoms with Gasteiger partial charge in [-0.2, -0.15) is 5.10 Å². The summed E-state index contributed by atoms with van der Waals surface area (Å²) < 4.78 is 25.5. The maximum absolute atomic E-state index is 12.2. The van der Waals surface area contributed by atoms with Crippen LogP contribution in [0.5, 0.6) is 0 Å². The number of carbonyl (C=O) groups is 1. The highest BCUT2D eigenvalue weighted by Gasteiger charge is 2.33. The van der Waals surface area contributed by atoms with Gasteiger partial charge in [0.2, 0.25) is 0 Å². The Morgan fingerprint density at radius 1 is 1.33 bits per heavy atom. The minimum atomic E-state index is -3.16. The fourth-order valence-corrected chi connectivity index (χ4v) is 4.69. The molecule has 2 N–H and O–H groups in total. The summed E-state index contributed by atoms with van der Waals surface area (Å²) in [4.78, 5) is 12.2. The van der Waals surface area contributed by atoms with Crippen LogP contribution < -0.4 is 10.6 Å². The lowest BCUT2D eigenvalue weighted by Crippen LogP contribution is -2.51. The first-order valence-electron chi connectivity index (χ1n) is 8.09. The van der Waals surface area contributed by atoms with E-state index < -0.39 is 15.1 Å². The van der Waals surface area contributed by atoms with Crippen molar-refractivity contribution in [3.63, 3.8) is 0 Å². The van der Waals surface area contributed by atoms with Crippen molar-refractivity contribution in [2.24, 2.45) is 0 Å². The second-order valence-corrected chi connectivity index (χ2v) is 8.55. The lowest BCUT2D eigenvalue weighted by Gasteiger charge is -2.30. The van der Waals surface area contributed by atoms with Crippen molar-refractivity contribution in [3.05, 3.63) is 36.2 Å². The lowest BCUT2D eigenvalue weighted by atomic mass is 9.95. The van der Waals surface area contributed by atoms with E-state index in [-0.39, 0.29) is 12.1 Å².